The molecule has 2 amide bonds. The number of hydrogen-bond donors (Lipinski definition) is 1. The first-order valence-electron chi connectivity index (χ1n) is 8.47. The Balaban J connectivity index is 2.28. The highest BCUT2D eigenvalue weighted by atomic mass is 16.2. The number of piperazine rings is 1. The molecule has 0 radical (unpaired) electrons. The molecule has 0 spiro atoms. The van der Waals surface area contributed by atoms with Gasteiger partial charge in [0.15, 0.2) is 0 Å². The van der Waals surface area contributed by atoms with Gasteiger partial charge in [-0.05, 0) is 44.9 Å². The zero-order valence-electron chi connectivity index (χ0n) is 14.1. The Labute approximate surface area is 128 Å². The molecule has 1 saturated carbocycles. The summed E-state index contributed by atoms with van der Waals surface area (Å²) >= 11 is 0. The number of amides is 2. The Kier molecular flexibility index (Phi) is 4.64. The average molecular weight is 294 g/mol. The highest BCUT2D eigenvalue weighted by Gasteiger charge is 2.56. The van der Waals surface area contributed by atoms with Crippen LogP contribution in [0.2, 0.25) is 0 Å². The molecule has 3 unspecified atom stereocenters. The van der Waals surface area contributed by atoms with Crippen LogP contribution in [-0.2, 0) is 9.59 Å². The molecule has 0 bridgehead atoms. The predicted molar refractivity (Wildman–Crippen MR) is 83.7 cm³/mol. The second-order valence-electron chi connectivity index (χ2n) is 7.36. The van der Waals surface area contributed by atoms with Crippen LogP contribution in [0.3, 0.4) is 0 Å². The van der Waals surface area contributed by atoms with Crippen molar-refractivity contribution in [1.82, 2.24) is 10.2 Å². The zero-order chi connectivity index (χ0) is 15.8. The van der Waals surface area contributed by atoms with E-state index in [1.165, 1.54) is 0 Å². The van der Waals surface area contributed by atoms with E-state index in [0.29, 0.717) is 5.92 Å². The van der Waals surface area contributed by atoms with Crippen LogP contribution in [0.4, 0.5) is 0 Å². The molecule has 2 fully saturated rings. The summed E-state index contributed by atoms with van der Waals surface area (Å²) in [7, 11) is 0. The topological polar surface area (TPSA) is 49.4 Å². The number of carbonyl (C=O) groups is 2. The van der Waals surface area contributed by atoms with Crippen molar-refractivity contribution < 1.29 is 9.59 Å². The maximum Gasteiger partial charge on any atom is 0.249 e. The molecule has 1 saturated heterocycles. The van der Waals surface area contributed by atoms with Gasteiger partial charge in [0, 0.05) is 6.04 Å². The summed E-state index contributed by atoms with van der Waals surface area (Å²) in [6.45, 7) is 10.2. The minimum absolute atomic E-state index is 0.0300. The molecule has 4 nitrogen and oxygen atoms in total. The first-order valence-corrected chi connectivity index (χ1v) is 8.47. The van der Waals surface area contributed by atoms with E-state index < -0.39 is 5.54 Å². The quantitative estimate of drug-likeness (QED) is 0.819. The highest BCUT2D eigenvalue weighted by molar-refractivity contribution is 6.00. The van der Waals surface area contributed by atoms with Crippen LogP contribution in [0.15, 0.2) is 0 Å². The number of nitrogens with one attached hydrogen (secondary N) is 1. The normalized spacial score (nSPS) is 31.5. The zero-order valence-corrected chi connectivity index (χ0v) is 14.1. The lowest BCUT2D eigenvalue weighted by molar-refractivity contribution is -0.160. The van der Waals surface area contributed by atoms with Gasteiger partial charge in [0.05, 0.1) is 0 Å². The van der Waals surface area contributed by atoms with Crippen LogP contribution in [0.1, 0.15) is 66.7 Å². The molecule has 2 aliphatic rings. The third-order valence-corrected chi connectivity index (χ3v) is 5.11. The Morgan fingerprint density at radius 2 is 1.90 bits per heavy atom. The fraction of sp³-hybridized carbons (Fsp3) is 0.882. The van der Waals surface area contributed by atoms with E-state index in [1.54, 1.807) is 0 Å². The van der Waals surface area contributed by atoms with Crippen molar-refractivity contribution in [1.29, 1.82) is 0 Å². The van der Waals surface area contributed by atoms with E-state index in [4.69, 9.17) is 0 Å². The lowest BCUT2D eigenvalue weighted by atomic mass is 9.85. The van der Waals surface area contributed by atoms with Crippen LogP contribution in [0.5, 0.6) is 0 Å². The van der Waals surface area contributed by atoms with Crippen molar-refractivity contribution in [2.75, 3.05) is 0 Å². The van der Waals surface area contributed by atoms with Gasteiger partial charge in [-0.25, -0.2) is 0 Å². The molecule has 3 atom stereocenters. The molecule has 0 aromatic carbocycles. The lowest BCUT2D eigenvalue weighted by Crippen LogP contribution is -2.72. The van der Waals surface area contributed by atoms with E-state index in [0.717, 1.165) is 32.1 Å². The molecule has 0 aromatic rings. The fourth-order valence-electron chi connectivity index (χ4n) is 3.58. The Morgan fingerprint density at radius 1 is 1.29 bits per heavy atom. The third kappa shape index (κ3) is 2.95. The summed E-state index contributed by atoms with van der Waals surface area (Å²) in [5, 5.41) is 3.05. The first-order chi connectivity index (χ1) is 9.82. The molecule has 1 aliphatic heterocycles. The maximum atomic E-state index is 13.1. The third-order valence-electron chi connectivity index (χ3n) is 5.11. The number of unbranched alkanes of at least 4 members (excludes halogenated alkanes) is 1. The number of hydrogen-bond acceptors (Lipinski definition) is 2. The molecular formula is C17H30N2O2. The van der Waals surface area contributed by atoms with E-state index in [2.05, 4.69) is 19.2 Å². The van der Waals surface area contributed by atoms with Gasteiger partial charge >= 0.3 is 0 Å². The van der Waals surface area contributed by atoms with Gasteiger partial charge in [0.2, 0.25) is 11.8 Å². The van der Waals surface area contributed by atoms with Gasteiger partial charge in [0.25, 0.3) is 0 Å². The summed E-state index contributed by atoms with van der Waals surface area (Å²) in [6.07, 6.45) is 5.28. The second kappa shape index (κ2) is 5.98. The van der Waals surface area contributed by atoms with Crippen molar-refractivity contribution in [2.45, 2.75) is 84.3 Å². The number of nitrogens with zero attached hydrogens (tertiary/aromatic N) is 1. The predicted octanol–water partition coefficient (Wildman–Crippen LogP) is 2.72. The summed E-state index contributed by atoms with van der Waals surface area (Å²) in [5.74, 6) is 0.624. The Bertz CT molecular complexity index is 417. The van der Waals surface area contributed by atoms with Crippen LogP contribution in [0, 0.1) is 11.8 Å². The van der Waals surface area contributed by atoms with Crippen molar-refractivity contribution >= 4 is 11.8 Å². The molecule has 4 heteroatoms. The van der Waals surface area contributed by atoms with E-state index in [9.17, 15) is 9.59 Å². The first kappa shape index (κ1) is 16.3. The molecule has 21 heavy (non-hydrogen) atoms. The molecule has 120 valence electrons. The smallest absolute Gasteiger partial charge is 0.249 e. The van der Waals surface area contributed by atoms with E-state index in [-0.39, 0.29) is 29.8 Å². The fourth-order valence-corrected chi connectivity index (χ4v) is 3.58. The van der Waals surface area contributed by atoms with Crippen LogP contribution in [-0.4, -0.2) is 34.3 Å². The molecule has 1 N–H and O–H groups in total. The van der Waals surface area contributed by atoms with Gasteiger partial charge in [0.1, 0.15) is 11.6 Å². The maximum absolute atomic E-state index is 13.1. The van der Waals surface area contributed by atoms with E-state index in [1.807, 2.05) is 25.7 Å². The van der Waals surface area contributed by atoms with Crippen LogP contribution >= 0.6 is 0 Å². The molecular weight excluding hydrogens is 264 g/mol. The van der Waals surface area contributed by atoms with Crippen molar-refractivity contribution in [2.24, 2.45) is 11.8 Å². The summed E-state index contributed by atoms with van der Waals surface area (Å²) in [4.78, 5) is 27.6. The van der Waals surface area contributed by atoms with Crippen molar-refractivity contribution in [3.63, 3.8) is 0 Å². The minimum atomic E-state index is -0.678. The van der Waals surface area contributed by atoms with Gasteiger partial charge in [-0.15, -0.1) is 0 Å². The Hall–Kier alpha value is -1.06. The molecule has 1 heterocycles. The standard InChI is InChI=1S/C17H30N2O2/c1-6-7-8-12(4)19-14(11(2)3)15(20)18-17(5,16(19)21)13-9-10-13/h11-14H,6-10H2,1-5H3,(H,18,20). The van der Waals surface area contributed by atoms with Crippen LogP contribution in [0.25, 0.3) is 0 Å². The minimum Gasteiger partial charge on any atom is -0.340 e. The SMILES string of the molecule is CCCCC(C)N1C(=O)C(C)(C2CC2)NC(=O)C1C(C)C. The Morgan fingerprint density at radius 3 is 2.38 bits per heavy atom. The van der Waals surface area contributed by atoms with Gasteiger partial charge in [-0.3, -0.25) is 9.59 Å². The monoisotopic (exact) mass is 294 g/mol. The van der Waals surface area contributed by atoms with Crippen molar-refractivity contribution in [3.05, 3.63) is 0 Å². The van der Waals surface area contributed by atoms with Crippen LogP contribution < -0.4 is 5.32 Å². The molecule has 0 aromatic heterocycles. The van der Waals surface area contributed by atoms with Gasteiger partial charge in [-0.2, -0.15) is 0 Å². The van der Waals surface area contributed by atoms with E-state index >= 15 is 0 Å². The summed E-state index contributed by atoms with van der Waals surface area (Å²) < 4.78 is 0. The van der Waals surface area contributed by atoms with Gasteiger partial charge < -0.3 is 10.2 Å². The highest BCUT2D eigenvalue weighted by Crippen LogP contribution is 2.43. The molecule has 1 aliphatic carbocycles. The second-order valence-corrected chi connectivity index (χ2v) is 7.36. The van der Waals surface area contributed by atoms with Gasteiger partial charge in [-0.1, -0.05) is 33.6 Å². The molecule has 2 rings (SSSR count). The average Bonchev–Trinajstić information content (AvgIpc) is 3.23. The largest absolute Gasteiger partial charge is 0.340 e. The number of rotatable bonds is 6. The summed E-state index contributed by atoms with van der Waals surface area (Å²) in [5.41, 5.74) is -0.678. The van der Waals surface area contributed by atoms with Crippen molar-refractivity contribution in [3.8, 4) is 0 Å². The number of carbonyl (C=O) groups excluding carboxylic acids is 2. The summed E-state index contributed by atoms with van der Waals surface area (Å²) in [6, 6.07) is -0.190. The lowest BCUT2D eigenvalue weighted by Gasteiger charge is -2.48.